The molecule has 0 amide bonds. The molecule has 0 saturated carbocycles. The summed E-state index contributed by atoms with van der Waals surface area (Å²) in [4.78, 5) is 10.7. The second-order valence-electron chi connectivity index (χ2n) is 6.19. The first-order chi connectivity index (χ1) is 11.9. The van der Waals surface area contributed by atoms with Crippen molar-refractivity contribution in [3.63, 3.8) is 0 Å². The Bertz CT molecular complexity index is 696. The third-order valence-corrected chi connectivity index (χ3v) is 6.34. The minimum Gasteiger partial charge on any atom is -0.394 e. The van der Waals surface area contributed by atoms with Gasteiger partial charge in [0.1, 0.15) is 5.69 Å². The van der Waals surface area contributed by atoms with Gasteiger partial charge >= 0.3 is 0 Å². The van der Waals surface area contributed by atoms with Crippen molar-refractivity contribution in [2.24, 2.45) is 0 Å². The summed E-state index contributed by atoms with van der Waals surface area (Å²) >= 11 is 0. The van der Waals surface area contributed by atoms with Gasteiger partial charge < -0.3 is 10.4 Å². The maximum atomic E-state index is 12.8. The molecule has 1 atom stereocenters. The normalized spacial score (nSPS) is 17.7. The summed E-state index contributed by atoms with van der Waals surface area (Å²) in [5.41, 5.74) is -0.0940. The lowest BCUT2D eigenvalue weighted by molar-refractivity contribution is -0.384. The predicted octanol–water partition coefficient (Wildman–Crippen LogP) is 2.34. The number of anilines is 1. The lowest BCUT2D eigenvalue weighted by Crippen LogP contribution is -2.32. The first-order valence-corrected chi connectivity index (χ1v) is 10.00. The van der Waals surface area contributed by atoms with E-state index in [1.54, 1.807) is 0 Å². The van der Waals surface area contributed by atoms with Crippen LogP contribution in [0.5, 0.6) is 0 Å². The molecule has 0 spiro atoms. The van der Waals surface area contributed by atoms with Crippen LogP contribution in [0, 0.1) is 10.1 Å². The summed E-state index contributed by atoms with van der Waals surface area (Å²) in [5, 5.41) is 23.5. The molecule has 0 bridgehead atoms. The standard InChI is InChI=1S/C16H25N3O5S/c1-2-13(12-20)17-15-8-7-14(11-16(15)19(21)22)25(23,24)18-9-5-3-4-6-10-18/h7-8,11,13,17,20H,2-6,9-10,12H2,1H3. The summed E-state index contributed by atoms with van der Waals surface area (Å²) in [6.07, 6.45) is 4.18. The molecule has 1 heterocycles. The minimum absolute atomic E-state index is 0.0660. The fourth-order valence-electron chi connectivity index (χ4n) is 2.87. The number of hydrogen-bond acceptors (Lipinski definition) is 6. The van der Waals surface area contributed by atoms with Gasteiger partial charge in [0.25, 0.3) is 5.69 Å². The molecule has 1 aromatic rings. The first-order valence-electron chi connectivity index (χ1n) is 8.56. The number of rotatable bonds is 7. The van der Waals surface area contributed by atoms with Gasteiger partial charge in [-0.25, -0.2) is 8.42 Å². The Morgan fingerprint density at radius 2 is 1.92 bits per heavy atom. The largest absolute Gasteiger partial charge is 0.394 e. The SMILES string of the molecule is CCC(CO)Nc1ccc(S(=O)(=O)N2CCCCCC2)cc1[N+](=O)[O-]. The number of nitro benzene ring substituents is 1. The van der Waals surface area contributed by atoms with Crippen LogP contribution < -0.4 is 5.32 Å². The van der Waals surface area contributed by atoms with Gasteiger partial charge in [0.05, 0.1) is 16.4 Å². The van der Waals surface area contributed by atoms with Crippen LogP contribution >= 0.6 is 0 Å². The van der Waals surface area contributed by atoms with E-state index in [1.165, 1.54) is 16.4 Å². The van der Waals surface area contributed by atoms with E-state index in [2.05, 4.69) is 5.32 Å². The lowest BCUT2D eigenvalue weighted by Gasteiger charge is -2.20. The third-order valence-electron chi connectivity index (χ3n) is 4.44. The van der Waals surface area contributed by atoms with Crippen molar-refractivity contribution in [3.05, 3.63) is 28.3 Å². The number of hydrogen-bond donors (Lipinski definition) is 2. The Morgan fingerprint density at radius 1 is 1.28 bits per heavy atom. The van der Waals surface area contributed by atoms with Crippen LogP contribution in [0.1, 0.15) is 39.0 Å². The van der Waals surface area contributed by atoms with Crippen molar-refractivity contribution >= 4 is 21.4 Å². The Hall–Kier alpha value is -1.71. The average molecular weight is 371 g/mol. The van der Waals surface area contributed by atoms with Crippen LogP contribution in [0.25, 0.3) is 0 Å². The van der Waals surface area contributed by atoms with E-state index in [4.69, 9.17) is 0 Å². The van der Waals surface area contributed by atoms with Crippen LogP contribution in [-0.2, 0) is 10.0 Å². The Morgan fingerprint density at radius 3 is 2.44 bits per heavy atom. The molecule has 0 aromatic heterocycles. The fraction of sp³-hybridized carbons (Fsp3) is 0.625. The molecule has 1 aromatic carbocycles. The van der Waals surface area contributed by atoms with Gasteiger partial charge in [-0.1, -0.05) is 19.8 Å². The zero-order valence-corrected chi connectivity index (χ0v) is 15.2. The number of nitrogens with one attached hydrogen (secondary N) is 1. The number of sulfonamides is 1. The van der Waals surface area contributed by atoms with Crippen molar-refractivity contribution in [3.8, 4) is 0 Å². The molecule has 9 heteroatoms. The van der Waals surface area contributed by atoms with E-state index in [9.17, 15) is 23.6 Å². The highest BCUT2D eigenvalue weighted by Crippen LogP contribution is 2.30. The summed E-state index contributed by atoms with van der Waals surface area (Å²) in [6.45, 7) is 2.57. The monoisotopic (exact) mass is 371 g/mol. The molecule has 1 fully saturated rings. The van der Waals surface area contributed by atoms with Gasteiger partial charge in [0.15, 0.2) is 0 Å². The quantitative estimate of drug-likeness (QED) is 0.562. The van der Waals surface area contributed by atoms with Crippen molar-refractivity contribution in [1.29, 1.82) is 0 Å². The second kappa shape index (κ2) is 8.59. The Labute approximate surface area is 148 Å². The molecule has 1 unspecified atom stereocenters. The lowest BCUT2D eigenvalue weighted by atomic mass is 10.2. The number of nitrogens with zero attached hydrogens (tertiary/aromatic N) is 2. The summed E-state index contributed by atoms with van der Waals surface area (Å²) in [7, 11) is -3.75. The van der Waals surface area contributed by atoms with Gasteiger partial charge in [-0.05, 0) is 31.4 Å². The molecule has 8 nitrogen and oxygen atoms in total. The maximum Gasteiger partial charge on any atom is 0.293 e. The predicted molar refractivity (Wildman–Crippen MR) is 95.1 cm³/mol. The molecule has 0 aliphatic carbocycles. The van der Waals surface area contributed by atoms with Crippen LogP contribution in [0.2, 0.25) is 0 Å². The zero-order valence-electron chi connectivity index (χ0n) is 14.3. The topological polar surface area (TPSA) is 113 Å². The molecule has 1 aliphatic rings. The average Bonchev–Trinajstić information content (AvgIpc) is 2.89. The molecular weight excluding hydrogens is 346 g/mol. The van der Waals surface area contributed by atoms with E-state index >= 15 is 0 Å². The summed E-state index contributed by atoms with van der Waals surface area (Å²) in [6, 6.07) is 3.57. The molecule has 140 valence electrons. The van der Waals surface area contributed by atoms with E-state index < -0.39 is 14.9 Å². The van der Waals surface area contributed by atoms with Crippen LogP contribution in [0.4, 0.5) is 11.4 Å². The van der Waals surface area contributed by atoms with E-state index in [-0.39, 0.29) is 28.9 Å². The first kappa shape index (κ1) is 19.6. The third kappa shape index (κ3) is 4.68. The van der Waals surface area contributed by atoms with Crippen LogP contribution in [-0.4, -0.2) is 48.5 Å². The zero-order chi connectivity index (χ0) is 18.4. The van der Waals surface area contributed by atoms with Gasteiger partial charge in [0.2, 0.25) is 10.0 Å². The number of nitro groups is 1. The number of aliphatic hydroxyl groups excluding tert-OH is 1. The van der Waals surface area contributed by atoms with Crippen molar-refractivity contribution < 1.29 is 18.4 Å². The van der Waals surface area contributed by atoms with Crippen LogP contribution in [0.3, 0.4) is 0 Å². The molecule has 2 N–H and O–H groups in total. The molecule has 25 heavy (non-hydrogen) atoms. The van der Waals surface area contributed by atoms with Gasteiger partial charge in [-0.15, -0.1) is 0 Å². The van der Waals surface area contributed by atoms with Crippen LogP contribution in [0.15, 0.2) is 23.1 Å². The Kier molecular flexibility index (Phi) is 6.74. The number of aliphatic hydroxyl groups is 1. The highest BCUT2D eigenvalue weighted by molar-refractivity contribution is 7.89. The minimum atomic E-state index is -3.75. The molecule has 2 rings (SSSR count). The van der Waals surface area contributed by atoms with Gasteiger partial charge in [0, 0.05) is 25.2 Å². The molecular formula is C16H25N3O5S. The Balaban J connectivity index is 2.35. The number of benzene rings is 1. The highest BCUT2D eigenvalue weighted by Gasteiger charge is 2.28. The molecule has 0 radical (unpaired) electrons. The van der Waals surface area contributed by atoms with Crippen molar-refractivity contribution in [1.82, 2.24) is 4.31 Å². The fourth-order valence-corrected chi connectivity index (χ4v) is 4.41. The van der Waals surface area contributed by atoms with E-state index in [0.29, 0.717) is 19.5 Å². The maximum absolute atomic E-state index is 12.8. The second-order valence-corrected chi connectivity index (χ2v) is 8.12. The molecule has 1 aliphatic heterocycles. The molecule has 1 saturated heterocycles. The van der Waals surface area contributed by atoms with Crippen molar-refractivity contribution in [2.75, 3.05) is 25.0 Å². The van der Waals surface area contributed by atoms with Gasteiger partial charge in [-0.3, -0.25) is 10.1 Å². The van der Waals surface area contributed by atoms with E-state index in [0.717, 1.165) is 31.7 Å². The smallest absolute Gasteiger partial charge is 0.293 e. The van der Waals surface area contributed by atoms with Crippen molar-refractivity contribution in [2.45, 2.75) is 50.0 Å². The summed E-state index contributed by atoms with van der Waals surface area (Å²) < 4.78 is 27.0. The highest BCUT2D eigenvalue weighted by atomic mass is 32.2. The summed E-state index contributed by atoms with van der Waals surface area (Å²) in [5.74, 6) is 0. The van der Waals surface area contributed by atoms with E-state index in [1.807, 2.05) is 6.92 Å². The van der Waals surface area contributed by atoms with Gasteiger partial charge in [-0.2, -0.15) is 4.31 Å².